The van der Waals surface area contributed by atoms with Gasteiger partial charge in [0.05, 0.1) is 11.3 Å². The standard InChI is InChI=1S/C11H14ClNO4S/c12-6-1-2-7-18(16,17)13-10-5-3-4-9(8-10)11(14)15/h3-5,8,13H,1-2,6-7H2,(H,14,15). The molecule has 5 nitrogen and oxygen atoms in total. The molecule has 1 rings (SSSR count). The summed E-state index contributed by atoms with van der Waals surface area (Å²) in [6.07, 6.45) is 1.09. The van der Waals surface area contributed by atoms with Gasteiger partial charge >= 0.3 is 5.97 Å². The molecule has 7 heteroatoms. The number of anilines is 1. The van der Waals surface area contributed by atoms with Crippen molar-refractivity contribution in [2.75, 3.05) is 16.4 Å². The van der Waals surface area contributed by atoms with E-state index in [4.69, 9.17) is 16.7 Å². The van der Waals surface area contributed by atoms with Gasteiger partial charge < -0.3 is 5.11 Å². The first-order chi connectivity index (χ1) is 8.44. The van der Waals surface area contributed by atoms with Crippen molar-refractivity contribution >= 4 is 33.3 Å². The molecule has 0 atom stereocenters. The zero-order valence-corrected chi connectivity index (χ0v) is 11.2. The molecule has 0 fully saturated rings. The predicted molar refractivity (Wildman–Crippen MR) is 70.8 cm³/mol. The zero-order chi connectivity index (χ0) is 13.6. The largest absolute Gasteiger partial charge is 0.478 e. The minimum atomic E-state index is -3.45. The molecule has 0 radical (unpaired) electrons. The van der Waals surface area contributed by atoms with E-state index in [0.717, 1.165) is 0 Å². The number of benzene rings is 1. The number of rotatable bonds is 7. The summed E-state index contributed by atoms with van der Waals surface area (Å²) in [6.45, 7) is 0. The number of hydrogen-bond acceptors (Lipinski definition) is 3. The lowest BCUT2D eigenvalue weighted by Gasteiger charge is -2.08. The highest BCUT2D eigenvalue weighted by atomic mass is 35.5. The number of alkyl halides is 1. The molecule has 18 heavy (non-hydrogen) atoms. The highest BCUT2D eigenvalue weighted by Gasteiger charge is 2.11. The van der Waals surface area contributed by atoms with Crippen molar-refractivity contribution in [3.8, 4) is 0 Å². The molecule has 0 aliphatic heterocycles. The van der Waals surface area contributed by atoms with Gasteiger partial charge in [0, 0.05) is 11.6 Å². The molecule has 0 aliphatic rings. The molecule has 0 aliphatic carbocycles. The van der Waals surface area contributed by atoms with Crippen molar-refractivity contribution in [3.05, 3.63) is 29.8 Å². The smallest absolute Gasteiger partial charge is 0.335 e. The summed E-state index contributed by atoms with van der Waals surface area (Å²) in [6, 6.07) is 5.67. The fraction of sp³-hybridized carbons (Fsp3) is 0.364. The average Bonchev–Trinajstić information content (AvgIpc) is 2.28. The van der Waals surface area contributed by atoms with Gasteiger partial charge in [-0.05, 0) is 31.0 Å². The molecule has 1 aromatic rings. The Morgan fingerprint density at radius 2 is 2.06 bits per heavy atom. The van der Waals surface area contributed by atoms with Gasteiger partial charge in [-0.3, -0.25) is 4.72 Å². The van der Waals surface area contributed by atoms with Crippen molar-refractivity contribution in [3.63, 3.8) is 0 Å². The summed E-state index contributed by atoms with van der Waals surface area (Å²) in [5.74, 6) is -0.709. The molecule has 2 N–H and O–H groups in total. The molecule has 100 valence electrons. The van der Waals surface area contributed by atoms with E-state index in [2.05, 4.69) is 4.72 Å². The average molecular weight is 292 g/mol. The lowest BCUT2D eigenvalue weighted by atomic mass is 10.2. The van der Waals surface area contributed by atoms with Gasteiger partial charge in [0.15, 0.2) is 0 Å². The third kappa shape index (κ3) is 4.93. The summed E-state index contributed by atoms with van der Waals surface area (Å²) in [5, 5.41) is 8.79. The Bertz CT molecular complexity index is 516. The first-order valence-corrected chi connectivity index (χ1v) is 7.53. The fourth-order valence-corrected chi connectivity index (χ4v) is 2.69. The quantitative estimate of drug-likeness (QED) is 0.595. The number of carboxylic acids is 1. The van der Waals surface area contributed by atoms with Gasteiger partial charge in [-0.15, -0.1) is 11.6 Å². The summed E-state index contributed by atoms with van der Waals surface area (Å²) < 4.78 is 25.6. The Balaban J connectivity index is 2.72. The summed E-state index contributed by atoms with van der Waals surface area (Å²) in [7, 11) is -3.45. The van der Waals surface area contributed by atoms with Crippen LogP contribution in [0.5, 0.6) is 0 Å². The maximum atomic E-state index is 11.7. The minimum absolute atomic E-state index is 0.0307. The molecule has 0 heterocycles. The van der Waals surface area contributed by atoms with E-state index in [-0.39, 0.29) is 17.0 Å². The number of unbranched alkanes of at least 4 members (excludes halogenated alkanes) is 1. The monoisotopic (exact) mass is 291 g/mol. The maximum Gasteiger partial charge on any atom is 0.335 e. The third-order valence-corrected chi connectivity index (χ3v) is 3.82. The van der Waals surface area contributed by atoms with E-state index in [1.807, 2.05) is 0 Å². The second-order valence-corrected chi connectivity index (χ2v) is 5.92. The van der Waals surface area contributed by atoms with Crippen LogP contribution in [0, 0.1) is 0 Å². The van der Waals surface area contributed by atoms with Crippen molar-refractivity contribution in [2.45, 2.75) is 12.8 Å². The molecular formula is C11H14ClNO4S. The molecule has 0 bridgehead atoms. The van der Waals surface area contributed by atoms with E-state index < -0.39 is 16.0 Å². The van der Waals surface area contributed by atoms with Gasteiger partial charge in [-0.25, -0.2) is 13.2 Å². The van der Waals surface area contributed by atoms with E-state index in [9.17, 15) is 13.2 Å². The van der Waals surface area contributed by atoms with Crippen LogP contribution < -0.4 is 4.72 Å². The number of carboxylic acid groups (broad SMARTS) is 1. The number of hydrogen-bond donors (Lipinski definition) is 2. The molecular weight excluding hydrogens is 278 g/mol. The van der Waals surface area contributed by atoms with Crippen LogP contribution in [0.15, 0.2) is 24.3 Å². The van der Waals surface area contributed by atoms with Gasteiger partial charge in [0.25, 0.3) is 0 Å². The summed E-state index contributed by atoms with van der Waals surface area (Å²) in [5.41, 5.74) is 0.289. The SMILES string of the molecule is O=C(O)c1cccc(NS(=O)(=O)CCCCCl)c1. The Morgan fingerprint density at radius 1 is 1.33 bits per heavy atom. The molecule has 0 saturated heterocycles. The number of halogens is 1. The van der Waals surface area contributed by atoms with Crippen LogP contribution in [0.25, 0.3) is 0 Å². The number of aromatic carboxylic acids is 1. The molecule has 0 saturated carbocycles. The van der Waals surface area contributed by atoms with Crippen LogP contribution in [-0.4, -0.2) is 31.1 Å². The van der Waals surface area contributed by atoms with Gasteiger partial charge in [0.2, 0.25) is 10.0 Å². The van der Waals surface area contributed by atoms with Crippen LogP contribution in [0.2, 0.25) is 0 Å². The lowest BCUT2D eigenvalue weighted by molar-refractivity contribution is 0.0697. The van der Waals surface area contributed by atoms with Gasteiger partial charge in [-0.1, -0.05) is 6.07 Å². The normalized spacial score (nSPS) is 11.2. The Morgan fingerprint density at radius 3 is 2.67 bits per heavy atom. The Labute approximate surface area is 111 Å². The number of carbonyl (C=O) groups is 1. The number of nitrogens with one attached hydrogen (secondary N) is 1. The molecule has 0 unspecified atom stereocenters. The summed E-state index contributed by atoms with van der Waals surface area (Å²) >= 11 is 5.47. The van der Waals surface area contributed by atoms with E-state index in [1.54, 1.807) is 0 Å². The van der Waals surface area contributed by atoms with Gasteiger partial charge in [-0.2, -0.15) is 0 Å². The van der Waals surface area contributed by atoms with E-state index in [0.29, 0.717) is 18.7 Å². The first kappa shape index (κ1) is 14.8. The predicted octanol–water partition coefficient (Wildman–Crippen LogP) is 2.15. The van der Waals surface area contributed by atoms with Crippen LogP contribution in [0.3, 0.4) is 0 Å². The maximum absolute atomic E-state index is 11.7. The Kier molecular flexibility index (Phi) is 5.43. The van der Waals surface area contributed by atoms with E-state index >= 15 is 0 Å². The van der Waals surface area contributed by atoms with Crippen LogP contribution in [-0.2, 0) is 10.0 Å². The van der Waals surface area contributed by atoms with Crippen LogP contribution >= 0.6 is 11.6 Å². The highest BCUT2D eigenvalue weighted by Crippen LogP contribution is 2.13. The lowest BCUT2D eigenvalue weighted by Crippen LogP contribution is -2.17. The molecule has 0 spiro atoms. The van der Waals surface area contributed by atoms with Crippen molar-refractivity contribution in [1.29, 1.82) is 0 Å². The van der Waals surface area contributed by atoms with Crippen molar-refractivity contribution < 1.29 is 18.3 Å². The highest BCUT2D eigenvalue weighted by molar-refractivity contribution is 7.92. The Hall–Kier alpha value is -1.27. The second kappa shape index (κ2) is 6.61. The number of sulfonamides is 1. The second-order valence-electron chi connectivity index (χ2n) is 3.70. The van der Waals surface area contributed by atoms with Gasteiger partial charge in [0.1, 0.15) is 0 Å². The topological polar surface area (TPSA) is 83.5 Å². The van der Waals surface area contributed by atoms with Crippen molar-refractivity contribution in [1.82, 2.24) is 0 Å². The molecule has 1 aromatic carbocycles. The third-order valence-electron chi connectivity index (χ3n) is 2.18. The molecule has 0 amide bonds. The zero-order valence-electron chi connectivity index (χ0n) is 9.60. The van der Waals surface area contributed by atoms with Crippen LogP contribution in [0.4, 0.5) is 5.69 Å². The minimum Gasteiger partial charge on any atom is -0.478 e. The fourth-order valence-electron chi connectivity index (χ4n) is 1.33. The molecule has 0 aromatic heterocycles. The van der Waals surface area contributed by atoms with E-state index in [1.165, 1.54) is 24.3 Å². The first-order valence-electron chi connectivity index (χ1n) is 5.34. The van der Waals surface area contributed by atoms with Crippen molar-refractivity contribution in [2.24, 2.45) is 0 Å². The summed E-state index contributed by atoms with van der Waals surface area (Å²) in [4.78, 5) is 10.7. The van der Waals surface area contributed by atoms with Crippen LogP contribution in [0.1, 0.15) is 23.2 Å².